The summed E-state index contributed by atoms with van der Waals surface area (Å²) in [4.78, 5) is 14.2. The van der Waals surface area contributed by atoms with Gasteiger partial charge in [-0.05, 0) is 29.5 Å². The van der Waals surface area contributed by atoms with Crippen molar-refractivity contribution in [2.45, 2.75) is 32.0 Å². The first kappa shape index (κ1) is 18.9. The molecule has 0 fully saturated rings. The molecule has 3 rings (SSSR count). The third-order valence-corrected chi connectivity index (χ3v) is 4.73. The van der Waals surface area contributed by atoms with Crippen LogP contribution in [-0.2, 0) is 24.3 Å². The van der Waals surface area contributed by atoms with Gasteiger partial charge in [0.25, 0.3) is 0 Å². The fourth-order valence-corrected chi connectivity index (χ4v) is 3.32. The van der Waals surface area contributed by atoms with Crippen LogP contribution in [0.4, 0.5) is 0 Å². The lowest BCUT2D eigenvalue weighted by atomic mass is 10.0. The summed E-state index contributed by atoms with van der Waals surface area (Å²) >= 11 is 0. The molecule has 3 heteroatoms. The second kappa shape index (κ2) is 9.70. The zero-order valence-corrected chi connectivity index (χ0v) is 15.4. The van der Waals surface area contributed by atoms with E-state index in [1.54, 1.807) is 0 Å². The third kappa shape index (κ3) is 5.80. The number of nitrogens with zero attached hydrogens (tertiary/aromatic N) is 1. The monoisotopic (exact) mass is 359 g/mol. The SMILES string of the molecule is O=C(O)[C@H](CCc1ccccc1)N(Cc1ccccc1)Cc1ccccc1. The summed E-state index contributed by atoms with van der Waals surface area (Å²) < 4.78 is 0. The van der Waals surface area contributed by atoms with Gasteiger partial charge in [-0.3, -0.25) is 9.69 Å². The van der Waals surface area contributed by atoms with E-state index in [4.69, 9.17) is 0 Å². The summed E-state index contributed by atoms with van der Waals surface area (Å²) in [5, 5.41) is 9.94. The van der Waals surface area contributed by atoms with E-state index in [2.05, 4.69) is 17.0 Å². The van der Waals surface area contributed by atoms with Crippen LogP contribution in [-0.4, -0.2) is 22.0 Å². The van der Waals surface area contributed by atoms with Gasteiger partial charge in [0.1, 0.15) is 6.04 Å². The molecule has 0 heterocycles. The Labute approximate surface area is 160 Å². The minimum atomic E-state index is -0.766. The van der Waals surface area contributed by atoms with Crippen LogP contribution in [0.3, 0.4) is 0 Å². The van der Waals surface area contributed by atoms with Crippen LogP contribution in [0.5, 0.6) is 0 Å². The Morgan fingerprint density at radius 3 is 1.52 bits per heavy atom. The number of rotatable bonds is 9. The summed E-state index contributed by atoms with van der Waals surface area (Å²) in [6.45, 7) is 1.23. The summed E-state index contributed by atoms with van der Waals surface area (Å²) in [5.41, 5.74) is 3.42. The minimum Gasteiger partial charge on any atom is -0.480 e. The van der Waals surface area contributed by atoms with Crippen LogP contribution in [0.25, 0.3) is 0 Å². The number of aryl methyl sites for hydroxylation is 1. The predicted octanol–water partition coefficient (Wildman–Crippen LogP) is 4.77. The first-order chi connectivity index (χ1) is 13.2. The van der Waals surface area contributed by atoms with E-state index in [1.165, 1.54) is 5.56 Å². The van der Waals surface area contributed by atoms with Gasteiger partial charge < -0.3 is 5.11 Å². The summed E-state index contributed by atoms with van der Waals surface area (Å²) in [6, 6.07) is 29.7. The molecule has 1 atom stereocenters. The van der Waals surface area contributed by atoms with Crippen molar-refractivity contribution < 1.29 is 9.90 Å². The molecule has 0 saturated heterocycles. The van der Waals surface area contributed by atoms with Gasteiger partial charge in [0, 0.05) is 13.1 Å². The number of aliphatic carboxylic acids is 1. The molecule has 3 aromatic rings. The smallest absolute Gasteiger partial charge is 0.320 e. The number of hydrogen-bond donors (Lipinski definition) is 1. The van der Waals surface area contributed by atoms with Gasteiger partial charge in [0.05, 0.1) is 0 Å². The minimum absolute atomic E-state index is 0.536. The van der Waals surface area contributed by atoms with Gasteiger partial charge in [0.2, 0.25) is 0 Å². The van der Waals surface area contributed by atoms with Crippen LogP contribution < -0.4 is 0 Å². The lowest BCUT2D eigenvalue weighted by Crippen LogP contribution is -2.40. The standard InChI is InChI=1S/C24H25NO2/c26-24(27)23(17-16-20-10-4-1-5-11-20)25(18-21-12-6-2-7-13-21)19-22-14-8-3-9-15-22/h1-15,23H,16-19H2,(H,26,27)/t23-/m0/s1. The van der Waals surface area contributed by atoms with Gasteiger partial charge in [-0.25, -0.2) is 0 Å². The molecule has 0 bridgehead atoms. The Bertz CT molecular complexity index is 777. The molecule has 3 nitrogen and oxygen atoms in total. The zero-order chi connectivity index (χ0) is 18.9. The molecule has 0 saturated carbocycles. The van der Waals surface area contributed by atoms with E-state index in [1.807, 2.05) is 78.9 Å². The number of carboxylic acid groups (broad SMARTS) is 1. The number of carbonyl (C=O) groups is 1. The second-order valence-electron chi connectivity index (χ2n) is 6.75. The van der Waals surface area contributed by atoms with Gasteiger partial charge in [0.15, 0.2) is 0 Å². The molecule has 0 aliphatic carbocycles. The number of benzene rings is 3. The Hall–Kier alpha value is -2.91. The van der Waals surface area contributed by atoms with Gasteiger partial charge in [-0.15, -0.1) is 0 Å². The van der Waals surface area contributed by atoms with Crippen LogP contribution in [0.15, 0.2) is 91.0 Å². The highest BCUT2D eigenvalue weighted by Gasteiger charge is 2.25. The highest BCUT2D eigenvalue weighted by atomic mass is 16.4. The summed E-state index contributed by atoms with van der Waals surface area (Å²) in [6.07, 6.45) is 1.33. The quantitative estimate of drug-likeness (QED) is 0.598. The molecule has 0 radical (unpaired) electrons. The predicted molar refractivity (Wildman–Crippen MR) is 108 cm³/mol. The second-order valence-corrected chi connectivity index (χ2v) is 6.75. The van der Waals surface area contributed by atoms with Gasteiger partial charge in [-0.1, -0.05) is 91.0 Å². The maximum atomic E-state index is 12.1. The van der Waals surface area contributed by atoms with E-state index in [9.17, 15) is 9.90 Å². The molecule has 1 N–H and O–H groups in total. The van der Waals surface area contributed by atoms with Crippen molar-refractivity contribution in [1.29, 1.82) is 0 Å². The third-order valence-electron chi connectivity index (χ3n) is 4.73. The largest absolute Gasteiger partial charge is 0.480 e. The first-order valence-electron chi connectivity index (χ1n) is 9.31. The molecule has 0 amide bonds. The highest BCUT2D eigenvalue weighted by molar-refractivity contribution is 5.73. The molecule has 0 unspecified atom stereocenters. The zero-order valence-electron chi connectivity index (χ0n) is 15.4. The van der Waals surface area contributed by atoms with E-state index in [0.717, 1.165) is 17.5 Å². The topological polar surface area (TPSA) is 40.5 Å². The van der Waals surface area contributed by atoms with E-state index >= 15 is 0 Å². The Morgan fingerprint density at radius 1 is 0.704 bits per heavy atom. The molecule has 0 aromatic heterocycles. The summed E-state index contributed by atoms with van der Waals surface area (Å²) in [7, 11) is 0. The van der Waals surface area contributed by atoms with Crippen molar-refractivity contribution in [3.05, 3.63) is 108 Å². The molecule has 138 valence electrons. The maximum Gasteiger partial charge on any atom is 0.320 e. The Morgan fingerprint density at radius 2 is 1.11 bits per heavy atom. The van der Waals surface area contributed by atoms with Crippen molar-refractivity contribution in [3.63, 3.8) is 0 Å². The van der Waals surface area contributed by atoms with E-state index < -0.39 is 12.0 Å². The molecular formula is C24H25NO2. The lowest BCUT2D eigenvalue weighted by molar-refractivity contribution is -0.144. The average Bonchev–Trinajstić information content (AvgIpc) is 2.70. The van der Waals surface area contributed by atoms with E-state index in [0.29, 0.717) is 19.5 Å². The van der Waals surface area contributed by atoms with Gasteiger partial charge in [-0.2, -0.15) is 0 Å². The maximum absolute atomic E-state index is 12.1. The molecule has 27 heavy (non-hydrogen) atoms. The summed E-state index contributed by atoms with van der Waals surface area (Å²) in [5.74, 6) is -0.766. The average molecular weight is 359 g/mol. The van der Waals surface area contributed by atoms with E-state index in [-0.39, 0.29) is 0 Å². The van der Waals surface area contributed by atoms with Crippen LogP contribution >= 0.6 is 0 Å². The fourth-order valence-electron chi connectivity index (χ4n) is 3.32. The van der Waals surface area contributed by atoms with Crippen LogP contribution in [0.2, 0.25) is 0 Å². The fraction of sp³-hybridized carbons (Fsp3) is 0.208. The first-order valence-corrected chi connectivity index (χ1v) is 9.31. The number of hydrogen-bond acceptors (Lipinski definition) is 2. The molecule has 3 aromatic carbocycles. The van der Waals surface area contributed by atoms with Crippen molar-refractivity contribution in [2.24, 2.45) is 0 Å². The molecule has 0 aliphatic rings. The highest BCUT2D eigenvalue weighted by Crippen LogP contribution is 2.18. The molecule has 0 spiro atoms. The van der Waals surface area contributed by atoms with Gasteiger partial charge >= 0.3 is 5.97 Å². The Balaban J connectivity index is 1.79. The molecule has 0 aliphatic heterocycles. The van der Waals surface area contributed by atoms with Crippen molar-refractivity contribution in [3.8, 4) is 0 Å². The van der Waals surface area contributed by atoms with Crippen LogP contribution in [0.1, 0.15) is 23.1 Å². The normalized spacial score (nSPS) is 12.0. The van der Waals surface area contributed by atoms with Crippen molar-refractivity contribution in [1.82, 2.24) is 4.90 Å². The van der Waals surface area contributed by atoms with Crippen molar-refractivity contribution >= 4 is 5.97 Å². The Kier molecular flexibility index (Phi) is 6.78. The lowest BCUT2D eigenvalue weighted by Gasteiger charge is -2.29. The van der Waals surface area contributed by atoms with Crippen LogP contribution in [0, 0.1) is 0 Å². The molecular weight excluding hydrogens is 334 g/mol. The van der Waals surface area contributed by atoms with Crippen molar-refractivity contribution in [2.75, 3.05) is 0 Å². The number of carboxylic acids is 1.